The normalized spacial score (nSPS) is 12.5. The van der Waals surface area contributed by atoms with Crippen molar-refractivity contribution in [2.75, 3.05) is 38.9 Å². The third-order valence-electron chi connectivity index (χ3n) is 1.94. The second-order valence-corrected chi connectivity index (χ2v) is 4.40. The van der Waals surface area contributed by atoms with Gasteiger partial charge >= 0.3 is 5.97 Å². The fourth-order valence-corrected chi connectivity index (χ4v) is 1.82. The van der Waals surface area contributed by atoms with Crippen molar-refractivity contribution < 1.29 is 14.3 Å². The Hall–Kier alpha value is -0.260. The first-order valence-corrected chi connectivity index (χ1v) is 6.29. The van der Waals surface area contributed by atoms with E-state index in [2.05, 4.69) is 12.2 Å². The molecule has 0 saturated heterocycles. The number of esters is 1. The number of thioether (sulfide) groups is 1. The Kier molecular flexibility index (Phi) is 10.1. The molecule has 1 atom stereocenters. The highest BCUT2D eigenvalue weighted by Gasteiger charge is 2.17. The number of carbonyl (C=O) groups excluding carboxylic acids is 1. The van der Waals surface area contributed by atoms with Crippen LogP contribution < -0.4 is 5.32 Å². The first kappa shape index (κ1) is 14.7. The molecule has 4 nitrogen and oxygen atoms in total. The number of hydrogen-bond acceptors (Lipinski definition) is 5. The van der Waals surface area contributed by atoms with E-state index in [-0.39, 0.29) is 12.0 Å². The van der Waals surface area contributed by atoms with Crippen LogP contribution in [-0.2, 0) is 14.3 Å². The van der Waals surface area contributed by atoms with Gasteiger partial charge in [-0.1, -0.05) is 6.92 Å². The number of carbonyl (C=O) groups is 1. The van der Waals surface area contributed by atoms with Crippen molar-refractivity contribution in [2.45, 2.75) is 19.4 Å². The van der Waals surface area contributed by atoms with Crippen molar-refractivity contribution in [1.29, 1.82) is 0 Å². The lowest BCUT2D eigenvalue weighted by molar-refractivity contribution is -0.143. The SMILES string of the molecule is CCSCCC(NCCOC)C(=O)OC. The van der Waals surface area contributed by atoms with E-state index < -0.39 is 0 Å². The van der Waals surface area contributed by atoms with Crippen molar-refractivity contribution in [3.05, 3.63) is 0 Å². The number of ether oxygens (including phenoxy) is 2. The van der Waals surface area contributed by atoms with Gasteiger partial charge in [0.1, 0.15) is 6.04 Å². The molecule has 15 heavy (non-hydrogen) atoms. The Labute approximate surface area is 96.1 Å². The maximum atomic E-state index is 11.4. The van der Waals surface area contributed by atoms with Gasteiger partial charge in [0.2, 0.25) is 0 Å². The molecule has 0 bridgehead atoms. The van der Waals surface area contributed by atoms with Crippen LogP contribution in [0, 0.1) is 0 Å². The van der Waals surface area contributed by atoms with Crippen LogP contribution in [0.1, 0.15) is 13.3 Å². The van der Waals surface area contributed by atoms with E-state index >= 15 is 0 Å². The number of methoxy groups -OCH3 is 2. The number of nitrogens with one attached hydrogen (secondary N) is 1. The van der Waals surface area contributed by atoms with E-state index in [1.165, 1.54) is 7.11 Å². The second-order valence-electron chi connectivity index (χ2n) is 3.01. The smallest absolute Gasteiger partial charge is 0.322 e. The third kappa shape index (κ3) is 7.64. The van der Waals surface area contributed by atoms with Crippen LogP contribution >= 0.6 is 11.8 Å². The molecule has 0 rings (SSSR count). The van der Waals surface area contributed by atoms with Gasteiger partial charge in [-0.3, -0.25) is 4.79 Å². The van der Waals surface area contributed by atoms with Gasteiger partial charge in [-0.05, 0) is 17.9 Å². The van der Waals surface area contributed by atoms with E-state index in [9.17, 15) is 4.79 Å². The summed E-state index contributed by atoms with van der Waals surface area (Å²) < 4.78 is 9.63. The molecule has 0 aromatic carbocycles. The number of rotatable bonds is 9. The van der Waals surface area contributed by atoms with E-state index in [0.29, 0.717) is 13.2 Å². The lowest BCUT2D eigenvalue weighted by atomic mass is 10.2. The molecule has 1 unspecified atom stereocenters. The second kappa shape index (κ2) is 10.3. The van der Waals surface area contributed by atoms with Crippen LogP contribution in [0.3, 0.4) is 0 Å². The fourth-order valence-electron chi connectivity index (χ4n) is 1.13. The van der Waals surface area contributed by atoms with Gasteiger partial charge in [-0.15, -0.1) is 0 Å². The van der Waals surface area contributed by atoms with Crippen LogP contribution in [0.2, 0.25) is 0 Å². The standard InChI is InChI=1S/C10H21NO3S/c1-4-15-8-5-9(10(12)14-3)11-6-7-13-2/h9,11H,4-8H2,1-3H3. The maximum Gasteiger partial charge on any atom is 0.322 e. The van der Waals surface area contributed by atoms with Crippen LogP contribution in [0.25, 0.3) is 0 Å². The molecule has 0 radical (unpaired) electrons. The van der Waals surface area contributed by atoms with E-state index in [4.69, 9.17) is 9.47 Å². The molecule has 0 heterocycles. The molecule has 5 heteroatoms. The van der Waals surface area contributed by atoms with Gasteiger partial charge in [0.15, 0.2) is 0 Å². The summed E-state index contributed by atoms with van der Waals surface area (Å²) in [6, 6.07) is -0.204. The Balaban J connectivity index is 3.79. The number of hydrogen-bond donors (Lipinski definition) is 1. The minimum atomic E-state index is -0.204. The minimum Gasteiger partial charge on any atom is -0.468 e. The molecule has 0 aliphatic rings. The van der Waals surface area contributed by atoms with Crippen molar-refractivity contribution >= 4 is 17.7 Å². The van der Waals surface area contributed by atoms with Crippen molar-refractivity contribution in [2.24, 2.45) is 0 Å². The highest BCUT2D eigenvalue weighted by atomic mass is 32.2. The Morgan fingerprint density at radius 2 is 2.20 bits per heavy atom. The van der Waals surface area contributed by atoms with Gasteiger partial charge in [0.05, 0.1) is 13.7 Å². The van der Waals surface area contributed by atoms with Crippen molar-refractivity contribution in [3.63, 3.8) is 0 Å². The molecule has 0 saturated carbocycles. The summed E-state index contributed by atoms with van der Waals surface area (Å²) in [7, 11) is 3.06. The Bertz CT molecular complexity index is 157. The van der Waals surface area contributed by atoms with Gasteiger partial charge in [0, 0.05) is 13.7 Å². The molecule has 1 N–H and O–H groups in total. The molecule has 0 aromatic rings. The molecule has 0 amide bonds. The molecular weight excluding hydrogens is 214 g/mol. The maximum absolute atomic E-state index is 11.4. The van der Waals surface area contributed by atoms with Crippen LogP contribution in [-0.4, -0.2) is 50.9 Å². The average molecular weight is 235 g/mol. The highest BCUT2D eigenvalue weighted by molar-refractivity contribution is 7.99. The molecule has 0 aliphatic heterocycles. The van der Waals surface area contributed by atoms with Crippen LogP contribution in [0.4, 0.5) is 0 Å². The summed E-state index contributed by atoms with van der Waals surface area (Å²) in [5.41, 5.74) is 0. The Morgan fingerprint density at radius 1 is 1.47 bits per heavy atom. The zero-order valence-corrected chi connectivity index (χ0v) is 10.6. The summed E-state index contributed by atoms with van der Waals surface area (Å²) in [5.74, 6) is 1.85. The summed E-state index contributed by atoms with van der Waals surface area (Å²) in [5, 5.41) is 3.12. The van der Waals surface area contributed by atoms with Crippen molar-refractivity contribution in [3.8, 4) is 0 Å². The summed E-state index contributed by atoms with van der Waals surface area (Å²) in [4.78, 5) is 11.4. The lowest BCUT2D eigenvalue weighted by Gasteiger charge is -2.15. The predicted octanol–water partition coefficient (Wildman–Crippen LogP) is 0.907. The molecule has 0 spiro atoms. The molecular formula is C10H21NO3S. The van der Waals surface area contributed by atoms with Gasteiger partial charge in [0.25, 0.3) is 0 Å². The molecule has 0 aliphatic carbocycles. The van der Waals surface area contributed by atoms with Gasteiger partial charge < -0.3 is 14.8 Å². The minimum absolute atomic E-state index is 0.192. The van der Waals surface area contributed by atoms with E-state index in [1.54, 1.807) is 7.11 Å². The first-order chi connectivity index (χ1) is 7.26. The van der Waals surface area contributed by atoms with Crippen LogP contribution in [0.15, 0.2) is 0 Å². The Morgan fingerprint density at radius 3 is 2.73 bits per heavy atom. The topological polar surface area (TPSA) is 47.6 Å². The quantitative estimate of drug-likeness (QED) is 0.475. The summed E-state index contributed by atoms with van der Waals surface area (Å²) in [6.45, 7) is 3.39. The van der Waals surface area contributed by atoms with Gasteiger partial charge in [-0.2, -0.15) is 11.8 Å². The predicted molar refractivity (Wildman–Crippen MR) is 63.3 cm³/mol. The zero-order valence-electron chi connectivity index (χ0n) is 9.75. The van der Waals surface area contributed by atoms with E-state index in [0.717, 1.165) is 17.9 Å². The first-order valence-electron chi connectivity index (χ1n) is 5.14. The van der Waals surface area contributed by atoms with E-state index in [1.807, 2.05) is 11.8 Å². The fraction of sp³-hybridized carbons (Fsp3) is 0.900. The third-order valence-corrected chi connectivity index (χ3v) is 2.87. The van der Waals surface area contributed by atoms with Gasteiger partial charge in [-0.25, -0.2) is 0 Å². The largest absolute Gasteiger partial charge is 0.468 e. The molecule has 0 aromatic heterocycles. The average Bonchev–Trinajstić information content (AvgIpc) is 2.26. The van der Waals surface area contributed by atoms with Crippen molar-refractivity contribution in [1.82, 2.24) is 5.32 Å². The monoisotopic (exact) mass is 235 g/mol. The highest BCUT2D eigenvalue weighted by Crippen LogP contribution is 2.05. The lowest BCUT2D eigenvalue weighted by Crippen LogP contribution is -2.39. The molecule has 0 fully saturated rings. The van der Waals surface area contributed by atoms with Crippen LogP contribution in [0.5, 0.6) is 0 Å². The zero-order chi connectivity index (χ0) is 11.5. The summed E-state index contributed by atoms with van der Waals surface area (Å²) in [6.07, 6.45) is 0.800. The molecule has 90 valence electrons. The summed E-state index contributed by atoms with van der Waals surface area (Å²) >= 11 is 1.82.